The minimum Gasteiger partial charge on any atom is -0.382 e. The minimum absolute atomic E-state index is 0.635. The Morgan fingerprint density at radius 3 is 2.78 bits per heavy atom. The Hall–Kier alpha value is -2.20. The molecule has 4 nitrogen and oxygen atoms in total. The average molecular weight is 239 g/mol. The molecule has 90 valence electrons. The van der Waals surface area contributed by atoms with Crippen LogP contribution in [0.1, 0.15) is 17.4 Å². The molecule has 0 aliphatic heterocycles. The van der Waals surface area contributed by atoms with Crippen LogP contribution in [0.3, 0.4) is 0 Å². The number of rotatable bonds is 2. The molecule has 2 heterocycles. The number of aryl methyl sites for hydroxylation is 1. The summed E-state index contributed by atoms with van der Waals surface area (Å²) >= 11 is 0. The van der Waals surface area contributed by atoms with Crippen molar-refractivity contribution < 1.29 is 5.11 Å². The number of aliphatic hydroxyl groups excluding tert-OH is 1. The number of pyridine rings is 1. The number of benzene rings is 1. The molecule has 0 spiro atoms. The molecule has 0 aliphatic carbocycles. The molecule has 4 heteroatoms. The zero-order chi connectivity index (χ0) is 12.5. The van der Waals surface area contributed by atoms with Gasteiger partial charge in [-0.05, 0) is 12.1 Å². The summed E-state index contributed by atoms with van der Waals surface area (Å²) < 4.78 is 1.68. The van der Waals surface area contributed by atoms with Gasteiger partial charge in [0, 0.05) is 30.4 Å². The number of para-hydroxylation sites is 1. The van der Waals surface area contributed by atoms with Gasteiger partial charge in [-0.1, -0.05) is 24.3 Å². The lowest BCUT2D eigenvalue weighted by Crippen LogP contribution is -2.03. The molecule has 0 saturated heterocycles. The van der Waals surface area contributed by atoms with Gasteiger partial charge in [0.1, 0.15) is 6.10 Å². The maximum absolute atomic E-state index is 10.4. The van der Waals surface area contributed by atoms with E-state index in [0.717, 1.165) is 16.5 Å². The maximum atomic E-state index is 10.4. The van der Waals surface area contributed by atoms with E-state index in [9.17, 15) is 5.11 Å². The summed E-state index contributed by atoms with van der Waals surface area (Å²) in [4.78, 5) is 4.34. The highest BCUT2D eigenvalue weighted by Crippen LogP contribution is 2.26. The summed E-state index contributed by atoms with van der Waals surface area (Å²) in [6, 6.07) is 11.5. The van der Waals surface area contributed by atoms with Gasteiger partial charge in [-0.25, -0.2) is 0 Å². The highest BCUT2D eigenvalue weighted by Gasteiger charge is 2.16. The molecular formula is C14H13N3O. The van der Waals surface area contributed by atoms with Crippen LogP contribution in [0, 0.1) is 0 Å². The fourth-order valence-corrected chi connectivity index (χ4v) is 2.09. The van der Waals surface area contributed by atoms with Crippen molar-refractivity contribution in [1.82, 2.24) is 14.8 Å². The van der Waals surface area contributed by atoms with E-state index < -0.39 is 6.10 Å². The molecule has 0 radical (unpaired) electrons. The van der Waals surface area contributed by atoms with E-state index in [1.165, 1.54) is 0 Å². The molecule has 0 saturated carbocycles. The van der Waals surface area contributed by atoms with Crippen molar-refractivity contribution in [3.63, 3.8) is 0 Å². The van der Waals surface area contributed by atoms with Crippen LogP contribution in [0.15, 0.2) is 48.8 Å². The SMILES string of the molecule is Cn1ccc(C(O)c2cccc3cccnc23)n1. The standard InChI is InChI=1S/C14H13N3O/c1-17-9-7-12(16-17)14(18)11-6-2-4-10-5-3-8-15-13(10)11/h2-9,14,18H,1H3. The molecule has 2 aromatic heterocycles. The Bertz CT molecular complexity index is 685. The normalized spacial score (nSPS) is 12.8. The topological polar surface area (TPSA) is 50.9 Å². The van der Waals surface area contributed by atoms with Crippen molar-refractivity contribution in [3.05, 3.63) is 60.0 Å². The monoisotopic (exact) mass is 239 g/mol. The van der Waals surface area contributed by atoms with Crippen LogP contribution < -0.4 is 0 Å². The number of hydrogen-bond donors (Lipinski definition) is 1. The Balaban J connectivity index is 2.14. The van der Waals surface area contributed by atoms with E-state index in [2.05, 4.69) is 10.1 Å². The number of nitrogens with zero attached hydrogens (tertiary/aromatic N) is 3. The van der Waals surface area contributed by atoms with Crippen molar-refractivity contribution in [2.45, 2.75) is 6.10 Å². The predicted octanol–water partition coefficient (Wildman–Crippen LogP) is 2.05. The summed E-state index contributed by atoms with van der Waals surface area (Å²) in [5.74, 6) is 0. The van der Waals surface area contributed by atoms with Crippen molar-refractivity contribution >= 4 is 10.9 Å². The highest BCUT2D eigenvalue weighted by atomic mass is 16.3. The third kappa shape index (κ3) is 1.76. The predicted molar refractivity (Wildman–Crippen MR) is 69.0 cm³/mol. The number of fused-ring (bicyclic) bond motifs is 1. The third-order valence-electron chi connectivity index (χ3n) is 2.97. The third-order valence-corrected chi connectivity index (χ3v) is 2.97. The summed E-state index contributed by atoms with van der Waals surface area (Å²) in [5.41, 5.74) is 2.24. The van der Waals surface area contributed by atoms with E-state index in [0.29, 0.717) is 5.69 Å². The molecule has 18 heavy (non-hydrogen) atoms. The molecule has 0 amide bonds. The molecule has 1 N–H and O–H groups in total. The van der Waals surface area contributed by atoms with Crippen LogP contribution in [-0.4, -0.2) is 19.9 Å². The molecule has 0 bridgehead atoms. The van der Waals surface area contributed by atoms with Gasteiger partial charge in [0.25, 0.3) is 0 Å². The summed E-state index contributed by atoms with van der Waals surface area (Å²) in [6.07, 6.45) is 2.80. The van der Waals surface area contributed by atoms with Gasteiger partial charge in [-0.3, -0.25) is 9.67 Å². The van der Waals surface area contributed by atoms with Crippen LogP contribution in [0.2, 0.25) is 0 Å². The van der Waals surface area contributed by atoms with Crippen molar-refractivity contribution in [2.75, 3.05) is 0 Å². The van der Waals surface area contributed by atoms with Gasteiger partial charge in [-0.15, -0.1) is 0 Å². The Morgan fingerprint density at radius 2 is 2.00 bits per heavy atom. The summed E-state index contributed by atoms with van der Waals surface area (Å²) in [7, 11) is 1.83. The van der Waals surface area contributed by atoms with E-state index in [1.807, 2.05) is 49.6 Å². The Labute approximate surface area is 105 Å². The molecule has 0 fully saturated rings. The maximum Gasteiger partial charge on any atom is 0.125 e. The zero-order valence-electron chi connectivity index (χ0n) is 9.99. The smallest absolute Gasteiger partial charge is 0.125 e. The molecule has 0 aliphatic rings. The zero-order valence-corrected chi connectivity index (χ0v) is 9.99. The second kappa shape index (κ2) is 4.23. The van der Waals surface area contributed by atoms with Gasteiger partial charge < -0.3 is 5.11 Å². The van der Waals surface area contributed by atoms with E-state index in [1.54, 1.807) is 10.9 Å². The lowest BCUT2D eigenvalue weighted by Gasteiger charge is -2.10. The molecule has 3 aromatic rings. The van der Waals surface area contributed by atoms with Crippen LogP contribution in [0.25, 0.3) is 10.9 Å². The first-order valence-corrected chi connectivity index (χ1v) is 5.77. The Morgan fingerprint density at radius 1 is 1.17 bits per heavy atom. The summed E-state index contributed by atoms with van der Waals surface area (Å²) in [6.45, 7) is 0. The largest absolute Gasteiger partial charge is 0.382 e. The van der Waals surface area contributed by atoms with E-state index in [4.69, 9.17) is 0 Å². The number of hydrogen-bond acceptors (Lipinski definition) is 3. The second-order valence-corrected chi connectivity index (χ2v) is 4.24. The fourth-order valence-electron chi connectivity index (χ4n) is 2.09. The molecule has 3 rings (SSSR count). The van der Waals surface area contributed by atoms with Crippen LogP contribution in [0.4, 0.5) is 0 Å². The van der Waals surface area contributed by atoms with Gasteiger partial charge in [0.15, 0.2) is 0 Å². The van der Waals surface area contributed by atoms with Crippen LogP contribution in [0.5, 0.6) is 0 Å². The van der Waals surface area contributed by atoms with Crippen molar-refractivity contribution in [3.8, 4) is 0 Å². The van der Waals surface area contributed by atoms with E-state index in [-0.39, 0.29) is 0 Å². The molecule has 1 unspecified atom stereocenters. The first-order valence-electron chi connectivity index (χ1n) is 5.77. The summed E-state index contributed by atoms with van der Waals surface area (Å²) in [5, 5.41) is 15.6. The van der Waals surface area contributed by atoms with Gasteiger partial charge in [-0.2, -0.15) is 5.10 Å². The average Bonchev–Trinajstić information content (AvgIpc) is 2.84. The van der Waals surface area contributed by atoms with Gasteiger partial charge >= 0.3 is 0 Å². The first kappa shape index (κ1) is 10.9. The quantitative estimate of drug-likeness (QED) is 0.744. The number of aliphatic hydroxyl groups is 1. The molecule has 1 atom stereocenters. The lowest BCUT2D eigenvalue weighted by molar-refractivity contribution is 0.215. The van der Waals surface area contributed by atoms with Crippen LogP contribution >= 0.6 is 0 Å². The highest BCUT2D eigenvalue weighted by molar-refractivity contribution is 5.82. The van der Waals surface area contributed by atoms with Crippen molar-refractivity contribution in [1.29, 1.82) is 0 Å². The van der Waals surface area contributed by atoms with Crippen LogP contribution in [-0.2, 0) is 7.05 Å². The van der Waals surface area contributed by atoms with E-state index >= 15 is 0 Å². The Kier molecular flexibility index (Phi) is 2.57. The minimum atomic E-state index is -0.746. The molecule has 1 aromatic carbocycles. The van der Waals surface area contributed by atoms with Gasteiger partial charge in [0.05, 0.1) is 11.2 Å². The first-order chi connectivity index (χ1) is 8.75. The van der Waals surface area contributed by atoms with Gasteiger partial charge in [0.2, 0.25) is 0 Å². The van der Waals surface area contributed by atoms with Crippen molar-refractivity contribution in [2.24, 2.45) is 7.05 Å². The fraction of sp³-hybridized carbons (Fsp3) is 0.143. The number of aromatic nitrogens is 3. The lowest BCUT2D eigenvalue weighted by atomic mass is 10.0. The second-order valence-electron chi connectivity index (χ2n) is 4.24. The molecular weight excluding hydrogens is 226 g/mol.